The average Bonchev–Trinajstić information content (AvgIpc) is 2.93. The van der Waals surface area contributed by atoms with Gasteiger partial charge in [0.25, 0.3) is 5.91 Å². The van der Waals surface area contributed by atoms with Crippen LogP contribution >= 0.6 is 12.2 Å². The molecule has 3 N–H and O–H groups in total. The van der Waals surface area contributed by atoms with Crippen molar-refractivity contribution >= 4 is 23.1 Å². The number of hydrogen-bond acceptors (Lipinski definition) is 3. The van der Waals surface area contributed by atoms with Crippen LogP contribution in [-0.2, 0) is 6.42 Å². The Balaban J connectivity index is 2.08. The highest BCUT2D eigenvalue weighted by atomic mass is 32.1. The highest BCUT2D eigenvalue weighted by molar-refractivity contribution is 7.80. The van der Waals surface area contributed by atoms with Gasteiger partial charge < -0.3 is 15.5 Å². The molecule has 0 saturated heterocycles. The van der Waals surface area contributed by atoms with Crippen LogP contribution in [0, 0.1) is 5.92 Å². The van der Waals surface area contributed by atoms with Crippen molar-refractivity contribution in [3.05, 3.63) is 23.7 Å². The second kappa shape index (κ2) is 6.88. The SMILES string of the molecule is CCc1occc1C(=O)NC(C(N)=S)C1CCCCC1. The second-order valence-electron chi connectivity index (χ2n) is 5.36. The zero-order chi connectivity index (χ0) is 14.5. The first kappa shape index (κ1) is 15.0. The van der Waals surface area contributed by atoms with E-state index in [1.807, 2.05) is 6.92 Å². The van der Waals surface area contributed by atoms with Crippen molar-refractivity contribution in [1.29, 1.82) is 0 Å². The van der Waals surface area contributed by atoms with Crippen LogP contribution in [0.3, 0.4) is 0 Å². The van der Waals surface area contributed by atoms with E-state index in [1.165, 1.54) is 19.3 Å². The summed E-state index contributed by atoms with van der Waals surface area (Å²) < 4.78 is 5.30. The van der Waals surface area contributed by atoms with Crippen LogP contribution in [0.2, 0.25) is 0 Å². The van der Waals surface area contributed by atoms with E-state index in [-0.39, 0.29) is 11.9 Å². The Morgan fingerprint density at radius 1 is 1.50 bits per heavy atom. The molecule has 1 aliphatic rings. The third-order valence-electron chi connectivity index (χ3n) is 4.03. The summed E-state index contributed by atoms with van der Waals surface area (Å²) in [6, 6.07) is 1.49. The van der Waals surface area contributed by atoms with E-state index >= 15 is 0 Å². The van der Waals surface area contributed by atoms with Gasteiger partial charge >= 0.3 is 0 Å². The number of aryl methyl sites for hydroxylation is 1. The summed E-state index contributed by atoms with van der Waals surface area (Å²) in [6.07, 6.45) is 8.02. The molecule has 1 fully saturated rings. The van der Waals surface area contributed by atoms with Crippen molar-refractivity contribution < 1.29 is 9.21 Å². The fourth-order valence-corrected chi connectivity index (χ4v) is 3.18. The van der Waals surface area contributed by atoms with Gasteiger partial charge in [0.1, 0.15) is 5.76 Å². The van der Waals surface area contributed by atoms with Crippen molar-refractivity contribution in [2.75, 3.05) is 0 Å². The van der Waals surface area contributed by atoms with Crippen LogP contribution in [0.1, 0.15) is 55.1 Å². The van der Waals surface area contributed by atoms with Crippen LogP contribution in [0.25, 0.3) is 0 Å². The van der Waals surface area contributed by atoms with Crippen molar-refractivity contribution in [3.8, 4) is 0 Å². The highest BCUT2D eigenvalue weighted by Crippen LogP contribution is 2.27. The Morgan fingerprint density at radius 3 is 2.80 bits per heavy atom. The van der Waals surface area contributed by atoms with Crippen molar-refractivity contribution in [2.45, 2.75) is 51.5 Å². The molecule has 5 heteroatoms. The van der Waals surface area contributed by atoms with E-state index < -0.39 is 0 Å². The lowest BCUT2D eigenvalue weighted by Gasteiger charge is -2.30. The van der Waals surface area contributed by atoms with Crippen LogP contribution in [0.5, 0.6) is 0 Å². The van der Waals surface area contributed by atoms with E-state index in [2.05, 4.69) is 5.32 Å². The topological polar surface area (TPSA) is 68.3 Å². The number of carbonyl (C=O) groups is 1. The Bertz CT molecular complexity index is 478. The highest BCUT2D eigenvalue weighted by Gasteiger charge is 2.28. The molecule has 1 amide bonds. The molecule has 1 unspecified atom stereocenters. The first-order valence-electron chi connectivity index (χ1n) is 7.30. The maximum Gasteiger partial charge on any atom is 0.255 e. The molecule has 1 saturated carbocycles. The molecule has 1 atom stereocenters. The lowest BCUT2D eigenvalue weighted by molar-refractivity contribution is 0.0930. The van der Waals surface area contributed by atoms with Gasteiger partial charge in [-0.1, -0.05) is 38.4 Å². The minimum atomic E-state index is -0.211. The predicted molar refractivity (Wildman–Crippen MR) is 82.7 cm³/mol. The van der Waals surface area contributed by atoms with Crippen LogP contribution in [-0.4, -0.2) is 16.9 Å². The number of furan rings is 1. The van der Waals surface area contributed by atoms with E-state index in [0.717, 1.165) is 12.8 Å². The van der Waals surface area contributed by atoms with Gasteiger partial charge in [0.15, 0.2) is 0 Å². The van der Waals surface area contributed by atoms with Gasteiger partial charge in [-0.25, -0.2) is 0 Å². The normalized spacial score (nSPS) is 17.6. The smallest absolute Gasteiger partial charge is 0.255 e. The van der Waals surface area contributed by atoms with Gasteiger partial charge in [-0.15, -0.1) is 0 Å². The third kappa shape index (κ3) is 3.39. The van der Waals surface area contributed by atoms with Crippen LogP contribution < -0.4 is 11.1 Å². The quantitative estimate of drug-likeness (QED) is 0.819. The molecular formula is C15H22N2O2S. The van der Waals surface area contributed by atoms with Gasteiger partial charge in [0.05, 0.1) is 22.9 Å². The Morgan fingerprint density at radius 2 is 2.20 bits per heavy atom. The minimum absolute atomic E-state index is 0.140. The Labute approximate surface area is 125 Å². The van der Waals surface area contributed by atoms with E-state index in [4.69, 9.17) is 22.4 Å². The largest absolute Gasteiger partial charge is 0.469 e. The molecule has 1 aliphatic carbocycles. The number of thiocarbonyl (C=S) groups is 1. The first-order valence-corrected chi connectivity index (χ1v) is 7.70. The summed E-state index contributed by atoms with van der Waals surface area (Å²) in [5.74, 6) is 0.925. The summed E-state index contributed by atoms with van der Waals surface area (Å²) in [5.41, 5.74) is 6.42. The number of rotatable bonds is 5. The van der Waals surface area contributed by atoms with Crippen molar-refractivity contribution in [3.63, 3.8) is 0 Å². The Kier molecular flexibility index (Phi) is 5.17. The average molecular weight is 294 g/mol. The van der Waals surface area contributed by atoms with Crippen molar-refractivity contribution in [2.24, 2.45) is 11.7 Å². The van der Waals surface area contributed by atoms with E-state index in [9.17, 15) is 4.79 Å². The van der Waals surface area contributed by atoms with Gasteiger partial charge in [0.2, 0.25) is 0 Å². The molecular weight excluding hydrogens is 272 g/mol. The van der Waals surface area contributed by atoms with Gasteiger partial charge in [-0.2, -0.15) is 0 Å². The minimum Gasteiger partial charge on any atom is -0.469 e. The zero-order valence-electron chi connectivity index (χ0n) is 11.9. The second-order valence-corrected chi connectivity index (χ2v) is 5.83. The molecule has 2 rings (SSSR count). The fraction of sp³-hybridized carbons (Fsp3) is 0.600. The monoisotopic (exact) mass is 294 g/mol. The maximum atomic E-state index is 12.4. The summed E-state index contributed by atoms with van der Waals surface area (Å²) >= 11 is 5.15. The van der Waals surface area contributed by atoms with Crippen LogP contribution in [0.4, 0.5) is 0 Å². The maximum absolute atomic E-state index is 12.4. The van der Waals surface area contributed by atoms with Crippen LogP contribution in [0.15, 0.2) is 16.7 Å². The Hall–Kier alpha value is -1.36. The lowest BCUT2D eigenvalue weighted by atomic mass is 9.83. The number of nitrogens with one attached hydrogen (secondary N) is 1. The molecule has 4 nitrogen and oxygen atoms in total. The molecule has 0 aliphatic heterocycles. The van der Waals surface area contributed by atoms with Gasteiger partial charge in [-0.05, 0) is 24.8 Å². The van der Waals surface area contributed by atoms with E-state index in [1.54, 1.807) is 12.3 Å². The molecule has 110 valence electrons. The first-order chi connectivity index (χ1) is 9.63. The third-order valence-corrected chi connectivity index (χ3v) is 4.28. The number of nitrogens with two attached hydrogens (primary N) is 1. The molecule has 1 aromatic heterocycles. The molecule has 0 aromatic carbocycles. The number of carbonyl (C=O) groups excluding carboxylic acids is 1. The number of amides is 1. The number of hydrogen-bond donors (Lipinski definition) is 2. The summed E-state index contributed by atoms with van der Waals surface area (Å²) in [6.45, 7) is 1.96. The lowest BCUT2D eigenvalue weighted by Crippen LogP contribution is -2.48. The molecule has 1 heterocycles. The van der Waals surface area contributed by atoms with Gasteiger partial charge in [-0.3, -0.25) is 4.79 Å². The fourth-order valence-electron chi connectivity index (χ4n) is 2.92. The molecule has 1 aromatic rings. The standard InChI is InChI=1S/C15H22N2O2S/c1-2-12-11(8-9-19-12)15(18)17-13(14(16)20)10-6-4-3-5-7-10/h8-10,13H,2-7H2,1H3,(H2,16,20)(H,17,18). The zero-order valence-corrected chi connectivity index (χ0v) is 12.7. The molecule has 0 spiro atoms. The summed E-state index contributed by atoms with van der Waals surface area (Å²) in [4.78, 5) is 12.7. The predicted octanol–water partition coefficient (Wildman–Crippen LogP) is 2.81. The van der Waals surface area contributed by atoms with Crippen molar-refractivity contribution in [1.82, 2.24) is 5.32 Å². The van der Waals surface area contributed by atoms with E-state index in [0.29, 0.717) is 28.7 Å². The summed E-state index contributed by atoms with van der Waals surface area (Å²) in [7, 11) is 0. The molecule has 20 heavy (non-hydrogen) atoms. The molecule has 0 bridgehead atoms. The molecule has 0 radical (unpaired) electrons. The van der Waals surface area contributed by atoms with Gasteiger partial charge in [0, 0.05) is 6.42 Å². The summed E-state index contributed by atoms with van der Waals surface area (Å²) in [5, 5.41) is 3.00.